The summed E-state index contributed by atoms with van der Waals surface area (Å²) < 4.78 is 130. The lowest BCUT2D eigenvalue weighted by atomic mass is 10.3. The Kier molecular flexibility index (Phi) is 0.999. The highest BCUT2D eigenvalue weighted by Gasteiger charge is 1.96. The molecule has 0 N–H and O–H groups in total. The van der Waals surface area contributed by atoms with E-state index in [0.717, 1.165) is 0 Å². The largest absolute Gasteiger partial charge is 0.550 e. The van der Waals surface area contributed by atoms with Crippen molar-refractivity contribution in [3.8, 4) is 0 Å². The summed E-state index contributed by atoms with van der Waals surface area (Å²) >= 11 is 0. The number of hydrogen-bond donors (Lipinski definition) is 0. The van der Waals surface area contributed by atoms with E-state index < -0.39 is 64.5 Å². The number of carboxylic acids is 1. The first-order valence-corrected chi connectivity index (χ1v) is 3.00. The third kappa shape index (κ3) is 7.34. The molecule has 4 nitrogen and oxygen atoms in total. The number of carbonyl (C=O) groups is 1. The van der Waals surface area contributed by atoms with E-state index in [1.807, 2.05) is 0 Å². The molecule has 0 radical (unpaired) electrons. The smallest absolute Gasteiger partial charge is 0.243 e. The highest BCUT2D eigenvalue weighted by atomic mass is 16.4. The van der Waals surface area contributed by atoms with Gasteiger partial charge in [0.15, 0.2) is 1.37 Å². The summed E-state index contributed by atoms with van der Waals surface area (Å²) in [6.07, 6.45) is -11.2. The average molecular weight is 216 g/mol. The number of nitrogens with zero attached hydrogens (tertiary/aromatic N) is 2. The Bertz CT molecular complexity index is 844. The quantitative estimate of drug-likeness (QED) is 0.661. The number of hydrogen-bond acceptors (Lipinski definition) is 2. The minimum absolute atomic E-state index is 0.0197. The van der Waals surface area contributed by atoms with Gasteiger partial charge in [-0.3, -0.25) is 0 Å². The molecule has 0 amide bonds. The predicted octanol–water partition coefficient (Wildman–Crippen LogP) is -0.131. The zero-order valence-corrected chi connectivity index (χ0v) is 6.71. The van der Waals surface area contributed by atoms with Gasteiger partial charge in [0.1, 0.15) is 15.1 Å². The fourth-order valence-corrected chi connectivity index (χ4v) is 0.387. The fraction of sp³-hybridized carbons (Fsp3) is 0.600. The van der Waals surface area contributed by atoms with Crippen molar-refractivity contribution in [3.63, 3.8) is 0 Å². The number of imidazole rings is 1. The van der Waals surface area contributed by atoms with E-state index >= 15 is 0 Å². The standard InChI is InChI=1S/C8H15N2.C2H4O2/c1-3-4-5-10-7-6-9(2)8-10;1-2(3)4/h6-8H,3-5H2,1-2H3;1H3,(H,3,4)/q+1;/p-1/i1D3,2D3,3D2,4D2,5D2,6D,7D,8D;1D3. The molecule has 0 aliphatic carbocycles. The van der Waals surface area contributed by atoms with Gasteiger partial charge in [0.2, 0.25) is 6.30 Å². The van der Waals surface area contributed by atoms with Crippen LogP contribution in [-0.2, 0) is 18.3 Å². The van der Waals surface area contributed by atoms with E-state index in [9.17, 15) is 9.90 Å². The number of carboxylic acid groups (broad SMARTS) is 1. The molecular weight excluding hydrogens is 180 g/mol. The van der Waals surface area contributed by atoms with Crippen LogP contribution in [0.15, 0.2) is 18.6 Å². The van der Waals surface area contributed by atoms with Crippen LogP contribution in [0.4, 0.5) is 0 Å². The molecule has 0 fully saturated rings. The molecule has 0 unspecified atom stereocenters. The molecule has 0 saturated heterocycles. The van der Waals surface area contributed by atoms with E-state index in [-0.39, 0.29) is 9.13 Å². The Balaban J connectivity index is 0.00000118. The molecule has 1 heterocycles. The number of carbonyl (C=O) groups excluding carboxylic acids is 1. The lowest BCUT2D eigenvalue weighted by molar-refractivity contribution is -0.696. The van der Waals surface area contributed by atoms with Gasteiger partial charge in [-0.05, 0) is 13.2 Å². The van der Waals surface area contributed by atoms with E-state index in [4.69, 9.17) is 24.7 Å². The summed E-state index contributed by atoms with van der Waals surface area (Å²) in [5, 5.41) is 9.35. The van der Waals surface area contributed by atoms with Gasteiger partial charge in [-0.25, -0.2) is 9.13 Å². The van der Waals surface area contributed by atoms with Crippen LogP contribution in [0.2, 0.25) is 0 Å². The first kappa shape index (κ1) is 1.96. The van der Waals surface area contributed by atoms with Gasteiger partial charge in [0, 0.05) is 19.7 Å². The topological polar surface area (TPSA) is 48.9 Å². The zero-order valence-electron chi connectivity index (χ0n) is 24.7. The number of rotatable bonds is 3. The predicted molar refractivity (Wildman–Crippen MR) is 51.2 cm³/mol. The number of aliphatic carboxylic acids is 1. The molecule has 0 aliphatic rings. The first-order valence-electron chi connectivity index (χ1n) is 12.0. The molecule has 0 atom stereocenters. The maximum Gasteiger partial charge on any atom is 0.243 e. The minimum Gasteiger partial charge on any atom is -0.550 e. The normalized spacial score (nSPS) is 33.7. The zero-order chi connectivity index (χ0) is 26.5. The van der Waals surface area contributed by atoms with E-state index in [1.54, 1.807) is 0 Å². The van der Waals surface area contributed by atoms with Crippen molar-refractivity contribution >= 4 is 5.97 Å². The lowest BCUT2D eigenvalue weighted by Gasteiger charge is -1.90. The highest BCUT2D eigenvalue weighted by Crippen LogP contribution is 1.85. The van der Waals surface area contributed by atoms with Crippen LogP contribution in [0.3, 0.4) is 0 Å². The third-order valence-electron chi connectivity index (χ3n) is 0.704. The Labute approximate surface area is 110 Å². The van der Waals surface area contributed by atoms with E-state index in [2.05, 4.69) is 0 Å². The van der Waals surface area contributed by atoms with E-state index in [1.165, 1.54) is 0 Å². The molecule has 0 spiro atoms. The SMILES string of the molecule is [2H]C([2H])([2H])C(=O)[O-].[2H]c1c([2H])[n+](C([2H])([2H])C([2H])([2H])C([2H])([2H])C([2H])([2H])[2H])c([2H])n1C([2H])([2H])[2H]. The Morgan fingerprint density at radius 3 is 3.14 bits per heavy atom. The third-order valence-corrected chi connectivity index (χ3v) is 0.704. The molecular formula is C10H18N2O2. The van der Waals surface area contributed by atoms with Gasteiger partial charge in [0.05, 0.1) is 20.3 Å². The van der Waals surface area contributed by atoms with Crippen LogP contribution in [-0.4, -0.2) is 10.5 Å². The van der Waals surface area contributed by atoms with Crippen molar-refractivity contribution in [2.24, 2.45) is 6.98 Å². The minimum atomic E-state index is -3.81. The summed E-state index contributed by atoms with van der Waals surface area (Å²) in [7, 11) is 0. The summed E-state index contributed by atoms with van der Waals surface area (Å²) in [4.78, 5) is 9.35. The maximum absolute atomic E-state index is 9.35. The van der Waals surface area contributed by atoms with Gasteiger partial charge >= 0.3 is 0 Å². The fourth-order valence-electron chi connectivity index (χ4n) is 0.387. The first-order chi connectivity index (χ1) is 13.7. The highest BCUT2D eigenvalue weighted by molar-refractivity contribution is 5.60. The summed E-state index contributed by atoms with van der Waals surface area (Å²) in [6, 6.07) is 0. The second-order valence-electron chi connectivity index (χ2n) is 1.64. The Hall–Kier alpha value is -1.32. The van der Waals surface area contributed by atoms with E-state index in [0.29, 0.717) is 0 Å². The van der Waals surface area contributed by atoms with Crippen LogP contribution < -0.4 is 9.67 Å². The van der Waals surface area contributed by atoms with Crippen LogP contribution in [0.25, 0.3) is 0 Å². The average Bonchev–Trinajstić information content (AvgIpc) is 2.74. The summed E-state index contributed by atoms with van der Waals surface area (Å²) in [5.41, 5.74) is 0. The summed E-state index contributed by atoms with van der Waals surface area (Å²) in [6.45, 7) is -13.3. The van der Waals surface area contributed by atoms with Gasteiger partial charge in [-0.1, -0.05) is 13.2 Å². The Morgan fingerprint density at radius 1 is 1.86 bits per heavy atom. The second-order valence-corrected chi connectivity index (χ2v) is 1.64. The molecule has 0 bridgehead atoms. The molecule has 0 saturated carbocycles. The van der Waals surface area contributed by atoms with Crippen LogP contribution >= 0.6 is 0 Å². The van der Waals surface area contributed by atoms with Gasteiger partial charge in [-0.15, -0.1) is 0 Å². The lowest BCUT2D eigenvalue weighted by Crippen LogP contribution is -2.30. The summed E-state index contributed by atoms with van der Waals surface area (Å²) in [5.74, 6) is -2.01. The molecule has 0 aliphatic heterocycles. The van der Waals surface area contributed by atoms with Crippen LogP contribution in [0, 0.1) is 0 Å². The Morgan fingerprint density at radius 2 is 2.64 bits per heavy atom. The van der Waals surface area contributed by atoms with Crippen molar-refractivity contribution in [1.29, 1.82) is 0 Å². The molecule has 80 valence electrons. The van der Waals surface area contributed by atoms with Gasteiger partial charge in [0.25, 0.3) is 0 Å². The van der Waals surface area contributed by atoms with Crippen molar-refractivity contribution in [3.05, 3.63) is 18.6 Å². The van der Waals surface area contributed by atoms with Crippen molar-refractivity contribution in [2.45, 2.75) is 32.9 Å². The van der Waals surface area contributed by atoms with Crippen LogP contribution in [0.5, 0.6) is 0 Å². The molecule has 1 aromatic heterocycles. The molecule has 4 heteroatoms. The molecule has 14 heavy (non-hydrogen) atoms. The molecule has 0 aromatic carbocycles. The second kappa shape index (κ2) is 7.12. The van der Waals surface area contributed by atoms with Crippen molar-refractivity contribution < 1.29 is 39.1 Å². The van der Waals surface area contributed by atoms with Crippen LogP contribution in [0.1, 0.15) is 51.1 Å². The number of aromatic nitrogens is 2. The van der Waals surface area contributed by atoms with Crippen molar-refractivity contribution in [2.75, 3.05) is 0 Å². The molecule has 1 aromatic rings. The van der Waals surface area contributed by atoms with Gasteiger partial charge < -0.3 is 9.90 Å². The van der Waals surface area contributed by atoms with Gasteiger partial charge in [-0.2, -0.15) is 0 Å². The monoisotopic (exact) mass is 216 g/mol. The molecule has 1 rings (SSSR count). The maximum atomic E-state index is 9.35. The van der Waals surface area contributed by atoms with Crippen molar-refractivity contribution in [1.82, 2.24) is 4.57 Å².